The molecule has 0 atom stereocenters. The van der Waals surface area contributed by atoms with Gasteiger partial charge in [0.1, 0.15) is 0 Å². The summed E-state index contributed by atoms with van der Waals surface area (Å²) in [4.78, 5) is 38.4. The van der Waals surface area contributed by atoms with Gasteiger partial charge in [-0.2, -0.15) is 0 Å². The van der Waals surface area contributed by atoms with Crippen LogP contribution in [0.4, 0.5) is 4.79 Å². The first-order valence-electron chi connectivity index (χ1n) is 8.62. The first-order chi connectivity index (χ1) is 12.1. The normalized spacial score (nSPS) is 14.7. The van der Waals surface area contributed by atoms with E-state index in [1.54, 1.807) is 4.90 Å². The Morgan fingerprint density at radius 1 is 0.960 bits per heavy atom. The van der Waals surface area contributed by atoms with Crippen LogP contribution in [0.3, 0.4) is 0 Å². The first kappa shape index (κ1) is 18.8. The van der Waals surface area contributed by atoms with Crippen LogP contribution in [0.25, 0.3) is 0 Å². The maximum Gasteiger partial charge on any atom is 0.317 e. The molecule has 0 bridgehead atoms. The Morgan fingerprint density at radius 2 is 1.64 bits per heavy atom. The van der Waals surface area contributed by atoms with Gasteiger partial charge in [0.15, 0.2) is 0 Å². The SMILES string of the molecule is O=C(O)CCNC(=O)N1CCCN(C(=O)CCc2ccccc2)CC1. The molecule has 1 aliphatic heterocycles. The largest absolute Gasteiger partial charge is 0.481 e. The van der Waals surface area contributed by atoms with E-state index in [0.717, 1.165) is 18.4 Å². The third-order valence-corrected chi connectivity index (χ3v) is 4.22. The molecule has 0 radical (unpaired) electrons. The van der Waals surface area contributed by atoms with E-state index in [-0.39, 0.29) is 24.9 Å². The van der Waals surface area contributed by atoms with Crippen molar-refractivity contribution < 1.29 is 19.5 Å². The van der Waals surface area contributed by atoms with Crippen molar-refractivity contribution in [3.05, 3.63) is 35.9 Å². The van der Waals surface area contributed by atoms with E-state index in [1.165, 1.54) is 0 Å². The third kappa shape index (κ3) is 6.45. The van der Waals surface area contributed by atoms with Crippen molar-refractivity contribution in [2.45, 2.75) is 25.7 Å². The van der Waals surface area contributed by atoms with Crippen molar-refractivity contribution in [3.8, 4) is 0 Å². The van der Waals surface area contributed by atoms with Crippen LogP contribution in [0.2, 0.25) is 0 Å². The Balaban J connectivity index is 1.75. The minimum Gasteiger partial charge on any atom is -0.481 e. The van der Waals surface area contributed by atoms with Crippen LogP contribution in [-0.2, 0) is 16.0 Å². The van der Waals surface area contributed by atoms with Crippen molar-refractivity contribution in [1.29, 1.82) is 0 Å². The third-order valence-electron chi connectivity index (χ3n) is 4.22. The molecule has 0 spiro atoms. The molecule has 0 aromatic heterocycles. The number of carbonyl (C=O) groups is 3. The Morgan fingerprint density at radius 3 is 2.36 bits per heavy atom. The molecule has 3 amide bonds. The van der Waals surface area contributed by atoms with E-state index in [1.807, 2.05) is 35.2 Å². The number of carboxylic acids is 1. The molecular formula is C18H25N3O4. The molecule has 7 nitrogen and oxygen atoms in total. The first-order valence-corrected chi connectivity index (χ1v) is 8.62. The Bertz CT molecular complexity index is 591. The molecule has 0 aliphatic carbocycles. The summed E-state index contributed by atoms with van der Waals surface area (Å²) >= 11 is 0. The number of aliphatic carboxylic acids is 1. The highest BCUT2D eigenvalue weighted by Gasteiger charge is 2.21. The van der Waals surface area contributed by atoms with Crippen molar-refractivity contribution in [2.24, 2.45) is 0 Å². The Hall–Kier alpha value is -2.57. The molecule has 1 aliphatic rings. The van der Waals surface area contributed by atoms with Gasteiger partial charge >= 0.3 is 12.0 Å². The molecule has 1 aromatic rings. The number of carboxylic acid groups (broad SMARTS) is 1. The molecule has 1 aromatic carbocycles. The summed E-state index contributed by atoms with van der Waals surface area (Å²) in [6, 6.07) is 9.65. The molecule has 0 saturated carbocycles. The van der Waals surface area contributed by atoms with Gasteiger partial charge in [-0.25, -0.2) is 4.79 Å². The number of hydrogen-bond acceptors (Lipinski definition) is 3. The molecular weight excluding hydrogens is 322 g/mol. The summed E-state index contributed by atoms with van der Waals surface area (Å²) < 4.78 is 0. The molecule has 2 rings (SSSR count). The van der Waals surface area contributed by atoms with Gasteiger partial charge in [-0.15, -0.1) is 0 Å². The van der Waals surface area contributed by atoms with Crippen molar-refractivity contribution in [2.75, 3.05) is 32.7 Å². The van der Waals surface area contributed by atoms with Crippen LogP contribution >= 0.6 is 0 Å². The zero-order valence-corrected chi connectivity index (χ0v) is 14.3. The lowest BCUT2D eigenvalue weighted by atomic mass is 10.1. The predicted molar refractivity (Wildman–Crippen MR) is 93.2 cm³/mol. The van der Waals surface area contributed by atoms with E-state index in [4.69, 9.17) is 5.11 Å². The molecule has 1 fully saturated rings. The highest BCUT2D eigenvalue weighted by Crippen LogP contribution is 2.08. The minimum absolute atomic E-state index is 0.0936. The number of benzene rings is 1. The van der Waals surface area contributed by atoms with Gasteiger partial charge in [0.25, 0.3) is 0 Å². The topological polar surface area (TPSA) is 89.9 Å². The second-order valence-corrected chi connectivity index (χ2v) is 6.08. The zero-order valence-electron chi connectivity index (χ0n) is 14.3. The van der Waals surface area contributed by atoms with Gasteiger partial charge in [-0.1, -0.05) is 30.3 Å². The van der Waals surface area contributed by atoms with Crippen LogP contribution in [0.1, 0.15) is 24.8 Å². The number of amides is 3. The van der Waals surface area contributed by atoms with Crippen LogP contribution in [0.15, 0.2) is 30.3 Å². The maximum absolute atomic E-state index is 12.4. The van der Waals surface area contributed by atoms with Gasteiger partial charge in [0.05, 0.1) is 6.42 Å². The summed E-state index contributed by atoms with van der Waals surface area (Å²) in [5.41, 5.74) is 1.14. The maximum atomic E-state index is 12.4. The quantitative estimate of drug-likeness (QED) is 0.812. The zero-order chi connectivity index (χ0) is 18.1. The fourth-order valence-corrected chi connectivity index (χ4v) is 2.81. The molecule has 1 saturated heterocycles. The number of urea groups is 1. The van der Waals surface area contributed by atoms with Crippen molar-refractivity contribution >= 4 is 17.9 Å². The van der Waals surface area contributed by atoms with Crippen LogP contribution in [-0.4, -0.2) is 65.5 Å². The van der Waals surface area contributed by atoms with Crippen LogP contribution in [0, 0.1) is 0 Å². The fourth-order valence-electron chi connectivity index (χ4n) is 2.81. The van der Waals surface area contributed by atoms with Crippen LogP contribution in [0.5, 0.6) is 0 Å². The van der Waals surface area contributed by atoms with Gasteiger partial charge < -0.3 is 20.2 Å². The fraction of sp³-hybridized carbons (Fsp3) is 0.500. The standard InChI is InChI=1S/C18H25N3O4/c22-16(8-7-15-5-2-1-3-6-15)20-11-4-12-21(14-13-20)18(25)19-10-9-17(23)24/h1-3,5-6H,4,7-14H2,(H,19,25)(H,23,24). The monoisotopic (exact) mass is 347 g/mol. The summed E-state index contributed by atoms with van der Waals surface area (Å²) in [5, 5.41) is 11.2. The number of nitrogens with zero attached hydrogens (tertiary/aromatic N) is 2. The lowest BCUT2D eigenvalue weighted by Crippen LogP contribution is -2.43. The summed E-state index contributed by atoms with van der Waals surface area (Å²) in [7, 11) is 0. The number of nitrogens with one attached hydrogen (secondary N) is 1. The molecule has 0 unspecified atom stereocenters. The number of rotatable bonds is 6. The summed E-state index contributed by atoms with van der Waals surface area (Å²) in [6.07, 6.45) is 1.82. The highest BCUT2D eigenvalue weighted by molar-refractivity contribution is 5.77. The average Bonchev–Trinajstić information content (AvgIpc) is 2.86. The number of carbonyl (C=O) groups excluding carboxylic acids is 2. The molecule has 1 heterocycles. The van der Waals surface area contributed by atoms with Gasteiger partial charge in [-0.3, -0.25) is 9.59 Å². The molecule has 2 N–H and O–H groups in total. The van der Waals surface area contributed by atoms with Crippen molar-refractivity contribution in [3.63, 3.8) is 0 Å². The van der Waals surface area contributed by atoms with Crippen molar-refractivity contribution in [1.82, 2.24) is 15.1 Å². The van der Waals surface area contributed by atoms with E-state index in [0.29, 0.717) is 32.6 Å². The second kappa shape index (κ2) is 9.66. The van der Waals surface area contributed by atoms with Gasteiger partial charge in [0.2, 0.25) is 5.91 Å². The average molecular weight is 347 g/mol. The molecule has 25 heavy (non-hydrogen) atoms. The van der Waals surface area contributed by atoms with E-state index >= 15 is 0 Å². The smallest absolute Gasteiger partial charge is 0.317 e. The Kier molecular flexibility index (Phi) is 7.25. The second-order valence-electron chi connectivity index (χ2n) is 6.08. The lowest BCUT2D eigenvalue weighted by molar-refractivity contribution is -0.137. The van der Waals surface area contributed by atoms with E-state index in [2.05, 4.69) is 5.32 Å². The molecule has 136 valence electrons. The summed E-state index contributed by atoms with van der Waals surface area (Å²) in [6.45, 7) is 2.31. The number of hydrogen-bond donors (Lipinski definition) is 2. The predicted octanol–water partition coefficient (Wildman–Crippen LogP) is 1.34. The Labute approximate surface area is 147 Å². The van der Waals surface area contributed by atoms with E-state index in [9.17, 15) is 14.4 Å². The van der Waals surface area contributed by atoms with Crippen LogP contribution < -0.4 is 5.32 Å². The molecule has 7 heteroatoms. The summed E-state index contributed by atoms with van der Waals surface area (Å²) in [5.74, 6) is -0.830. The van der Waals surface area contributed by atoms with E-state index < -0.39 is 5.97 Å². The van der Waals surface area contributed by atoms with Gasteiger partial charge in [0, 0.05) is 39.1 Å². The number of aryl methyl sites for hydroxylation is 1. The lowest BCUT2D eigenvalue weighted by Gasteiger charge is -2.22. The highest BCUT2D eigenvalue weighted by atomic mass is 16.4. The minimum atomic E-state index is -0.939. The van der Waals surface area contributed by atoms with Gasteiger partial charge in [-0.05, 0) is 18.4 Å².